The van der Waals surface area contributed by atoms with E-state index in [1.807, 2.05) is 24.4 Å². The first-order chi connectivity index (χ1) is 12.2. The van der Waals surface area contributed by atoms with Crippen molar-refractivity contribution >= 4 is 23.2 Å². The standard InChI is InChI=1S/C18H15Cl2N5/c19-15-6-13(17(20)22-9-15)10-25-5-3-16-14(11-25)8-23-18(24-16)12-2-1-4-21-7-12/h1-2,4,6-9H,3,5,10-11H2. The van der Waals surface area contributed by atoms with Crippen LogP contribution in [0.15, 0.2) is 43.0 Å². The summed E-state index contributed by atoms with van der Waals surface area (Å²) in [4.78, 5) is 19.8. The number of pyridine rings is 2. The number of hydrogen-bond acceptors (Lipinski definition) is 5. The highest BCUT2D eigenvalue weighted by Crippen LogP contribution is 2.24. The van der Waals surface area contributed by atoms with E-state index in [4.69, 9.17) is 28.2 Å². The maximum absolute atomic E-state index is 6.18. The molecule has 0 fully saturated rings. The third-order valence-electron chi connectivity index (χ3n) is 4.20. The predicted molar refractivity (Wildman–Crippen MR) is 97.3 cm³/mol. The highest BCUT2D eigenvalue weighted by atomic mass is 35.5. The minimum atomic E-state index is 0.498. The number of halogens is 2. The van der Waals surface area contributed by atoms with Crippen LogP contribution in [0.4, 0.5) is 0 Å². The Bertz CT molecular complexity index is 901. The zero-order valence-electron chi connectivity index (χ0n) is 13.4. The van der Waals surface area contributed by atoms with Gasteiger partial charge in [-0.15, -0.1) is 0 Å². The van der Waals surface area contributed by atoms with Crippen LogP contribution in [0.3, 0.4) is 0 Å². The molecular formula is C18H15Cl2N5. The molecule has 0 saturated heterocycles. The Morgan fingerprint density at radius 3 is 2.88 bits per heavy atom. The van der Waals surface area contributed by atoms with Crippen molar-refractivity contribution in [3.05, 3.63) is 70.0 Å². The summed E-state index contributed by atoms with van der Waals surface area (Å²) in [6, 6.07) is 5.73. The smallest absolute Gasteiger partial charge is 0.160 e. The molecule has 4 heterocycles. The van der Waals surface area contributed by atoms with E-state index in [-0.39, 0.29) is 0 Å². The predicted octanol–water partition coefficient (Wildman–Crippen LogP) is 3.80. The zero-order chi connectivity index (χ0) is 17.2. The fourth-order valence-electron chi connectivity index (χ4n) is 2.96. The molecule has 4 rings (SSSR count). The number of nitrogens with zero attached hydrogens (tertiary/aromatic N) is 5. The van der Waals surface area contributed by atoms with E-state index < -0.39 is 0 Å². The summed E-state index contributed by atoms with van der Waals surface area (Å²) in [7, 11) is 0. The van der Waals surface area contributed by atoms with Crippen molar-refractivity contribution in [2.24, 2.45) is 0 Å². The maximum atomic E-state index is 6.18. The Labute approximate surface area is 155 Å². The van der Waals surface area contributed by atoms with E-state index in [9.17, 15) is 0 Å². The molecule has 0 bridgehead atoms. The van der Waals surface area contributed by atoms with Crippen LogP contribution in [0.25, 0.3) is 11.4 Å². The van der Waals surface area contributed by atoms with Crippen molar-refractivity contribution in [1.82, 2.24) is 24.8 Å². The molecule has 0 amide bonds. The van der Waals surface area contributed by atoms with Crippen LogP contribution in [-0.2, 0) is 19.5 Å². The van der Waals surface area contributed by atoms with Gasteiger partial charge in [0.25, 0.3) is 0 Å². The molecule has 3 aromatic rings. The molecule has 1 aliphatic rings. The van der Waals surface area contributed by atoms with E-state index in [2.05, 4.69) is 19.9 Å². The molecule has 0 spiro atoms. The van der Waals surface area contributed by atoms with Crippen LogP contribution < -0.4 is 0 Å². The Hall–Kier alpha value is -2.08. The third-order valence-corrected chi connectivity index (χ3v) is 4.75. The zero-order valence-corrected chi connectivity index (χ0v) is 14.9. The van der Waals surface area contributed by atoms with Gasteiger partial charge < -0.3 is 0 Å². The number of aromatic nitrogens is 4. The Kier molecular flexibility index (Phi) is 4.61. The van der Waals surface area contributed by atoms with Crippen LogP contribution in [0.2, 0.25) is 10.2 Å². The summed E-state index contributed by atoms with van der Waals surface area (Å²) in [5.41, 5.74) is 4.11. The van der Waals surface area contributed by atoms with Crippen molar-refractivity contribution < 1.29 is 0 Å². The van der Waals surface area contributed by atoms with Gasteiger partial charge in [0.15, 0.2) is 5.82 Å². The molecule has 5 nitrogen and oxygen atoms in total. The number of hydrogen-bond donors (Lipinski definition) is 0. The van der Waals surface area contributed by atoms with Gasteiger partial charge in [-0.2, -0.15) is 0 Å². The van der Waals surface area contributed by atoms with Crippen molar-refractivity contribution in [3.63, 3.8) is 0 Å². The summed E-state index contributed by atoms with van der Waals surface area (Å²) >= 11 is 12.2. The summed E-state index contributed by atoms with van der Waals surface area (Å²) in [6.07, 6.45) is 7.87. The summed E-state index contributed by atoms with van der Waals surface area (Å²) in [5, 5.41) is 1.10. The van der Waals surface area contributed by atoms with E-state index >= 15 is 0 Å². The summed E-state index contributed by atoms with van der Waals surface area (Å²) < 4.78 is 0. The number of rotatable bonds is 3. The molecule has 0 aromatic carbocycles. The van der Waals surface area contributed by atoms with E-state index in [1.165, 1.54) is 0 Å². The van der Waals surface area contributed by atoms with Crippen LogP contribution in [-0.4, -0.2) is 31.4 Å². The van der Waals surface area contributed by atoms with E-state index in [1.54, 1.807) is 18.6 Å². The lowest BCUT2D eigenvalue weighted by molar-refractivity contribution is 0.243. The first-order valence-corrected chi connectivity index (χ1v) is 8.72. The minimum absolute atomic E-state index is 0.498. The highest BCUT2D eigenvalue weighted by molar-refractivity contribution is 6.32. The van der Waals surface area contributed by atoms with Gasteiger partial charge in [-0.3, -0.25) is 9.88 Å². The second-order valence-electron chi connectivity index (χ2n) is 5.97. The molecule has 0 radical (unpaired) electrons. The van der Waals surface area contributed by atoms with Crippen molar-refractivity contribution in [2.45, 2.75) is 19.5 Å². The fourth-order valence-corrected chi connectivity index (χ4v) is 3.30. The van der Waals surface area contributed by atoms with Gasteiger partial charge in [0.2, 0.25) is 0 Å². The molecule has 7 heteroatoms. The third kappa shape index (κ3) is 3.63. The first-order valence-electron chi connectivity index (χ1n) is 7.96. The lowest BCUT2D eigenvalue weighted by atomic mass is 10.1. The van der Waals surface area contributed by atoms with Crippen LogP contribution in [0.1, 0.15) is 16.8 Å². The second kappa shape index (κ2) is 7.04. The normalized spacial score (nSPS) is 14.3. The molecule has 0 atom stereocenters. The van der Waals surface area contributed by atoms with Gasteiger partial charge in [-0.25, -0.2) is 15.0 Å². The van der Waals surface area contributed by atoms with Gasteiger partial charge in [-0.1, -0.05) is 23.2 Å². The SMILES string of the molecule is Clc1cnc(Cl)c(CN2CCc3nc(-c4cccnc4)ncc3C2)c1. The second-order valence-corrected chi connectivity index (χ2v) is 6.77. The summed E-state index contributed by atoms with van der Waals surface area (Å²) in [5.74, 6) is 0.724. The van der Waals surface area contributed by atoms with Crippen LogP contribution >= 0.6 is 23.2 Å². The molecule has 0 aliphatic carbocycles. The lowest BCUT2D eigenvalue weighted by Gasteiger charge is -2.28. The van der Waals surface area contributed by atoms with Crippen LogP contribution in [0, 0.1) is 0 Å². The molecule has 25 heavy (non-hydrogen) atoms. The molecule has 0 unspecified atom stereocenters. The molecular weight excluding hydrogens is 357 g/mol. The van der Waals surface area contributed by atoms with Crippen molar-refractivity contribution in [2.75, 3.05) is 6.54 Å². The quantitative estimate of drug-likeness (QED) is 0.655. The summed E-state index contributed by atoms with van der Waals surface area (Å²) in [6.45, 7) is 2.39. The molecule has 3 aromatic heterocycles. The van der Waals surface area contributed by atoms with Gasteiger partial charge >= 0.3 is 0 Å². The van der Waals surface area contributed by atoms with E-state index in [0.717, 1.165) is 47.7 Å². The van der Waals surface area contributed by atoms with E-state index in [0.29, 0.717) is 16.7 Å². The lowest BCUT2D eigenvalue weighted by Crippen LogP contribution is -2.31. The number of fused-ring (bicyclic) bond motifs is 1. The van der Waals surface area contributed by atoms with Gasteiger partial charge in [-0.05, 0) is 18.2 Å². The topological polar surface area (TPSA) is 54.8 Å². The van der Waals surface area contributed by atoms with Crippen molar-refractivity contribution in [1.29, 1.82) is 0 Å². The maximum Gasteiger partial charge on any atom is 0.160 e. The molecule has 0 N–H and O–H groups in total. The first kappa shape index (κ1) is 16.4. The van der Waals surface area contributed by atoms with Gasteiger partial charge in [0.1, 0.15) is 5.15 Å². The minimum Gasteiger partial charge on any atom is -0.294 e. The van der Waals surface area contributed by atoms with Crippen molar-refractivity contribution in [3.8, 4) is 11.4 Å². The largest absolute Gasteiger partial charge is 0.294 e. The average molecular weight is 372 g/mol. The Balaban J connectivity index is 1.53. The average Bonchev–Trinajstić information content (AvgIpc) is 2.65. The molecule has 0 saturated carbocycles. The highest BCUT2D eigenvalue weighted by Gasteiger charge is 2.20. The Morgan fingerprint density at radius 1 is 1.12 bits per heavy atom. The van der Waals surface area contributed by atoms with Gasteiger partial charge in [0.05, 0.1) is 10.7 Å². The molecule has 1 aliphatic heterocycles. The fraction of sp³-hybridized carbons (Fsp3) is 0.222. The van der Waals surface area contributed by atoms with Crippen LogP contribution in [0.5, 0.6) is 0 Å². The Morgan fingerprint density at radius 2 is 2.04 bits per heavy atom. The van der Waals surface area contributed by atoms with Gasteiger partial charge in [0, 0.05) is 67.5 Å². The monoisotopic (exact) mass is 371 g/mol. The molecule has 126 valence electrons.